The van der Waals surface area contributed by atoms with Gasteiger partial charge in [-0.05, 0) is 6.92 Å². The lowest BCUT2D eigenvalue weighted by Crippen LogP contribution is -2.21. The highest BCUT2D eigenvalue weighted by Crippen LogP contribution is 2.20. The van der Waals surface area contributed by atoms with Crippen molar-refractivity contribution >= 4 is 29.2 Å². The molecule has 5 heteroatoms. The predicted octanol–water partition coefficient (Wildman–Crippen LogP) is 1.61. The molecule has 48 valence electrons. The van der Waals surface area contributed by atoms with E-state index in [-0.39, 0.29) is 0 Å². The number of halogens is 3. The maximum absolute atomic E-state index is 10.9. The molecule has 0 aliphatic heterocycles. The third-order valence-electron chi connectivity index (χ3n) is 0.429. The molecule has 0 bridgehead atoms. The average Bonchev–Trinajstić information content (AvgIpc) is 1.62. The molecule has 8 heavy (non-hydrogen) atoms. The first-order chi connectivity index (χ1) is 3.48. The van der Waals surface area contributed by atoms with E-state index in [1.54, 1.807) is 0 Å². The van der Waals surface area contributed by atoms with Crippen molar-refractivity contribution in [2.45, 2.75) is 11.3 Å². The summed E-state index contributed by atoms with van der Waals surface area (Å²) in [5.74, 6) is -1.30. The van der Waals surface area contributed by atoms with E-state index in [0.717, 1.165) is 6.92 Å². The Labute approximate surface area is 55.4 Å². The molecule has 0 spiro atoms. The van der Waals surface area contributed by atoms with Gasteiger partial charge < -0.3 is 0 Å². The van der Waals surface area contributed by atoms with Crippen molar-refractivity contribution in [3.05, 3.63) is 0 Å². The summed E-state index contributed by atoms with van der Waals surface area (Å²) >= 11 is 10.1. The number of carbonyl (C=O) groups excluding carboxylic acids is 1. The Morgan fingerprint density at radius 3 is 2.12 bits per heavy atom. The van der Waals surface area contributed by atoms with Crippen molar-refractivity contribution in [2.24, 2.45) is 0 Å². The first-order valence-electron chi connectivity index (χ1n) is 1.69. The van der Waals surface area contributed by atoms with Crippen molar-refractivity contribution in [1.82, 2.24) is 0 Å². The van der Waals surface area contributed by atoms with Crippen LogP contribution in [-0.2, 0) is 9.74 Å². The zero-order chi connectivity index (χ0) is 6.78. The second-order valence-electron chi connectivity index (χ2n) is 1.25. The fourth-order valence-electron chi connectivity index (χ4n) is 0.0677. The smallest absolute Gasteiger partial charge is 0.251 e. The van der Waals surface area contributed by atoms with Crippen LogP contribution in [0, 0.1) is 0 Å². The predicted molar refractivity (Wildman–Crippen MR) is 27.3 cm³/mol. The Balaban J connectivity index is 3.82. The van der Waals surface area contributed by atoms with Crippen LogP contribution >= 0.6 is 23.2 Å². The number of rotatable bonds is 1. The Bertz CT molecular complexity index is 97.9. The number of hydrogen-bond acceptors (Lipinski definition) is 2. The van der Waals surface area contributed by atoms with Gasteiger partial charge in [0.05, 0.1) is 0 Å². The lowest BCUT2D eigenvalue weighted by atomic mass is 10.5. The van der Waals surface area contributed by atoms with E-state index < -0.39 is 10.3 Å². The SMILES string of the molecule is CC(Cl)(Cl)C(=O)OF. The minimum atomic E-state index is -1.78. The van der Waals surface area contributed by atoms with Crippen LogP contribution in [-0.4, -0.2) is 10.3 Å². The van der Waals surface area contributed by atoms with E-state index in [1.165, 1.54) is 0 Å². The highest BCUT2D eigenvalue weighted by atomic mass is 35.5. The summed E-state index contributed by atoms with van der Waals surface area (Å²) in [5, 5.41) is 0. The first-order valence-corrected chi connectivity index (χ1v) is 2.45. The van der Waals surface area contributed by atoms with Gasteiger partial charge in [-0.25, -0.2) is 4.79 Å². The maximum atomic E-state index is 10.9. The second kappa shape index (κ2) is 2.51. The molecule has 0 aromatic heterocycles. The zero-order valence-electron chi connectivity index (χ0n) is 3.95. The van der Waals surface area contributed by atoms with Crippen molar-refractivity contribution in [1.29, 1.82) is 0 Å². The van der Waals surface area contributed by atoms with Gasteiger partial charge >= 0.3 is 5.97 Å². The van der Waals surface area contributed by atoms with Gasteiger partial charge in [-0.1, -0.05) is 23.2 Å². The quantitative estimate of drug-likeness (QED) is 0.546. The molecule has 0 atom stereocenters. The standard InChI is InChI=1S/C3H3Cl2FO2/c1-3(4,5)2(7)8-6/h1H3. The summed E-state index contributed by atoms with van der Waals surface area (Å²) in [4.78, 5) is 12.7. The van der Waals surface area contributed by atoms with Crippen LogP contribution in [0.5, 0.6) is 0 Å². The molecule has 0 saturated carbocycles. The van der Waals surface area contributed by atoms with E-state index in [4.69, 9.17) is 23.2 Å². The van der Waals surface area contributed by atoms with Crippen molar-refractivity contribution < 1.29 is 14.3 Å². The second-order valence-corrected chi connectivity index (χ2v) is 2.96. The van der Waals surface area contributed by atoms with Crippen LogP contribution < -0.4 is 0 Å². The number of carbonyl (C=O) groups is 1. The van der Waals surface area contributed by atoms with Gasteiger partial charge in [0.1, 0.15) is 0 Å². The Hall–Kier alpha value is -0.0200. The van der Waals surface area contributed by atoms with E-state index in [2.05, 4.69) is 4.94 Å². The van der Waals surface area contributed by atoms with Crippen LogP contribution in [0.25, 0.3) is 0 Å². The molecular formula is C3H3Cl2FO2. The van der Waals surface area contributed by atoms with E-state index in [1.807, 2.05) is 0 Å². The molecule has 0 aliphatic rings. The summed E-state index contributed by atoms with van der Waals surface area (Å²) < 4.78 is 9.08. The normalized spacial score (nSPS) is 11.0. The summed E-state index contributed by atoms with van der Waals surface area (Å²) in [6.45, 7) is 1.11. The van der Waals surface area contributed by atoms with E-state index in [0.29, 0.717) is 0 Å². The Kier molecular flexibility index (Phi) is 2.50. The number of hydrogen-bond donors (Lipinski definition) is 0. The van der Waals surface area contributed by atoms with Crippen LogP contribution in [0.15, 0.2) is 0 Å². The third-order valence-corrected chi connectivity index (χ3v) is 0.737. The summed E-state index contributed by atoms with van der Waals surface area (Å²) in [6.07, 6.45) is 0. The Morgan fingerprint density at radius 2 is 2.12 bits per heavy atom. The van der Waals surface area contributed by atoms with Gasteiger partial charge in [0.15, 0.2) is 0 Å². The van der Waals surface area contributed by atoms with Crippen LogP contribution in [0.2, 0.25) is 0 Å². The van der Waals surface area contributed by atoms with E-state index >= 15 is 0 Å². The van der Waals surface area contributed by atoms with Crippen LogP contribution in [0.3, 0.4) is 0 Å². The summed E-state index contributed by atoms with van der Waals surface area (Å²) in [6, 6.07) is 0. The molecule has 0 heterocycles. The largest absolute Gasteiger partial charge is 0.384 e. The fourth-order valence-corrected chi connectivity index (χ4v) is 0.126. The molecule has 0 aromatic carbocycles. The minimum Gasteiger partial charge on any atom is -0.251 e. The van der Waals surface area contributed by atoms with Gasteiger partial charge in [0.25, 0.3) is 0 Å². The lowest BCUT2D eigenvalue weighted by Gasteiger charge is -2.04. The molecule has 0 saturated heterocycles. The summed E-state index contributed by atoms with van der Waals surface area (Å²) in [5.41, 5.74) is 0. The molecule has 0 aromatic rings. The van der Waals surface area contributed by atoms with E-state index in [9.17, 15) is 9.32 Å². The van der Waals surface area contributed by atoms with Gasteiger partial charge in [-0.3, -0.25) is 4.94 Å². The molecular weight excluding hydrogens is 158 g/mol. The van der Waals surface area contributed by atoms with Crippen LogP contribution in [0.1, 0.15) is 6.92 Å². The van der Waals surface area contributed by atoms with Crippen molar-refractivity contribution in [3.8, 4) is 0 Å². The molecule has 0 radical (unpaired) electrons. The molecule has 0 rings (SSSR count). The molecule has 0 unspecified atom stereocenters. The third kappa shape index (κ3) is 2.33. The van der Waals surface area contributed by atoms with Crippen molar-refractivity contribution in [2.75, 3.05) is 0 Å². The monoisotopic (exact) mass is 160 g/mol. The molecule has 0 N–H and O–H groups in total. The number of alkyl halides is 2. The molecule has 0 aliphatic carbocycles. The minimum absolute atomic E-state index is 1.11. The lowest BCUT2D eigenvalue weighted by molar-refractivity contribution is -0.184. The van der Waals surface area contributed by atoms with Gasteiger partial charge in [0.2, 0.25) is 4.33 Å². The molecule has 0 amide bonds. The average molecular weight is 161 g/mol. The topological polar surface area (TPSA) is 26.3 Å². The van der Waals surface area contributed by atoms with Crippen LogP contribution in [0.4, 0.5) is 4.53 Å². The van der Waals surface area contributed by atoms with Gasteiger partial charge in [0, 0.05) is 4.53 Å². The maximum Gasteiger partial charge on any atom is 0.384 e. The highest BCUT2D eigenvalue weighted by Gasteiger charge is 2.30. The van der Waals surface area contributed by atoms with Gasteiger partial charge in [-0.15, -0.1) is 0 Å². The molecule has 2 nitrogen and oxygen atoms in total. The fraction of sp³-hybridized carbons (Fsp3) is 0.667. The Morgan fingerprint density at radius 1 is 1.75 bits per heavy atom. The highest BCUT2D eigenvalue weighted by molar-refractivity contribution is 6.57. The van der Waals surface area contributed by atoms with Crippen molar-refractivity contribution in [3.63, 3.8) is 0 Å². The first kappa shape index (κ1) is 7.98. The van der Waals surface area contributed by atoms with Gasteiger partial charge in [-0.2, -0.15) is 0 Å². The molecule has 0 fully saturated rings. The zero-order valence-corrected chi connectivity index (χ0v) is 5.46. The summed E-state index contributed by atoms with van der Waals surface area (Å²) in [7, 11) is 0.